The van der Waals surface area contributed by atoms with Gasteiger partial charge in [-0.2, -0.15) is 0 Å². The molecule has 0 aromatic heterocycles. The fourth-order valence-electron chi connectivity index (χ4n) is 2.83. The summed E-state index contributed by atoms with van der Waals surface area (Å²) in [6, 6.07) is 0. The predicted molar refractivity (Wildman–Crippen MR) is 72.9 cm³/mol. The summed E-state index contributed by atoms with van der Waals surface area (Å²) in [5.41, 5.74) is 0.219. The monoisotopic (exact) mass is 236 g/mol. The molecule has 2 heterocycles. The van der Waals surface area contributed by atoms with Crippen LogP contribution < -0.4 is 0 Å². The molecule has 4 nitrogen and oxygen atoms in total. The molecule has 0 saturated carbocycles. The van der Waals surface area contributed by atoms with Gasteiger partial charge in [0.2, 0.25) is 0 Å². The molecule has 96 valence electrons. The van der Waals surface area contributed by atoms with Gasteiger partial charge >= 0.3 is 0 Å². The summed E-state index contributed by atoms with van der Waals surface area (Å²) in [5, 5.41) is 0. The number of aliphatic imine (C=N–C) groups is 2. The van der Waals surface area contributed by atoms with E-state index in [1.807, 2.05) is 12.7 Å². The summed E-state index contributed by atoms with van der Waals surface area (Å²) in [4.78, 5) is 13.3. The lowest BCUT2D eigenvalue weighted by Crippen LogP contribution is -2.44. The lowest BCUT2D eigenvalue weighted by atomic mass is 9.90. The second kappa shape index (κ2) is 5.07. The highest BCUT2D eigenvalue weighted by molar-refractivity contribution is 5.58. The highest BCUT2D eigenvalue weighted by Crippen LogP contribution is 2.24. The lowest BCUT2D eigenvalue weighted by molar-refractivity contribution is 0.183. The zero-order chi connectivity index (χ0) is 12.3. The van der Waals surface area contributed by atoms with Crippen molar-refractivity contribution >= 4 is 12.7 Å². The largest absolute Gasteiger partial charge is 0.361 e. The Bertz CT molecular complexity index is 309. The molecule has 1 atom stereocenters. The molecule has 0 N–H and O–H groups in total. The molecule has 0 fully saturated rings. The van der Waals surface area contributed by atoms with Gasteiger partial charge in [0.1, 0.15) is 0 Å². The third-order valence-electron chi connectivity index (χ3n) is 3.62. The molecule has 1 unspecified atom stereocenters. The number of hydrogen-bond donors (Lipinski definition) is 0. The maximum atomic E-state index is 4.31. The minimum Gasteiger partial charge on any atom is -0.361 e. The van der Waals surface area contributed by atoms with Gasteiger partial charge in [0, 0.05) is 25.2 Å². The van der Waals surface area contributed by atoms with Crippen molar-refractivity contribution in [2.24, 2.45) is 15.9 Å². The summed E-state index contributed by atoms with van der Waals surface area (Å²) in [5.74, 6) is 0.684. The van der Waals surface area contributed by atoms with E-state index in [-0.39, 0.29) is 5.54 Å². The van der Waals surface area contributed by atoms with Crippen LogP contribution in [0.1, 0.15) is 27.2 Å². The molecule has 2 aliphatic heterocycles. The van der Waals surface area contributed by atoms with E-state index in [9.17, 15) is 0 Å². The molecule has 17 heavy (non-hydrogen) atoms. The van der Waals surface area contributed by atoms with Crippen molar-refractivity contribution < 1.29 is 0 Å². The predicted octanol–water partition coefficient (Wildman–Crippen LogP) is 1.48. The van der Waals surface area contributed by atoms with Gasteiger partial charge in [-0.05, 0) is 26.2 Å². The first-order valence-electron chi connectivity index (χ1n) is 6.58. The Kier molecular flexibility index (Phi) is 3.69. The van der Waals surface area contributed by atoms with E-state index < -0.39 is 0 Å². The molecule has 4 heteroatoms. The van der Waals surface area contributed by atoms with Gasteiger partial charge in [0.15, 0.2) is 0 Å². The van der Waals surface area contributed by atoms with Crippen molar-refractivity contribution in [3.63, 3.8) is 0 Å². The van der Waals surface area contributed by atoms with Gasteiger partial charge in [-0.1, -0.05) is 6.92 Å². The van der Waals surface area contributed by atoms with E-state index in [0.717, 1.165) is 32.7 Å². The maximum Gasteiger partial charge on any atom is 0.0855 e. The van der Waals surface area contributed by atoms with Gasteiger partial charge < -0.3 is 9.80 Å². The van der Waals surface area contributed by atoms with Crippen molar-refractivity contribution in [3.05, 3.63) is 0 Å². The molecule has 0 saturated heterocycles. The minimum atomic E-state index is 0.219. The Morgan fingerprint density at radius 2 is 1.88 bits per heavy atom. The van der Waals surface area contributed by atoms with E-state index in [1.54, 1.807) is 0 Å². The average Bonchev–Trinajstić information content (AvgIpc) is 2.87. The van der Waals surface area contributed by atoms with E-state index in [4.69, 9.17) is 0 Å². The maximum absolute atomic E-state index is 4.31. The average molecular weight is 236 g/mol. The smallest absolute Gasteiger partial charge is 0.0855 e. The molecular formula is C13H24N4. The van der Waals surface area contributed by atoms with Gasteiger partial charge in [0.05, 0.1) is 25.8 Å². The fourth-order valence-corrected chi connectivity index (χ4v) is 2.83. The zero-order valence-corrected chi connectivity index (χ0v) is 11.3. The molecule has 0 amide bonds. The SMILES string of the molecule is CC(CN1C=NCC1)CC(C)(C)N1C=NCC1. The van der Waals surface area contributed by atoms with Crippen LogP contribution in [0.5, 0.6) is 0 Å². The molecular weight excluding hydrogens is 212 g/mol. The van der Waals surface area contributed by atoms with Crippen LogP contribution in [-0.4, -0.2) is 60.7 Å². The summed E-state index contributed by atoms with van der Waals surface area (Å²) in [6.07, 6.45) is 5.22. The third-order valence-corrected chi connectivity index (χ3v) is 3.62. The molecule has 0 bridgehead atoms. The van der Waals surface area contributed by atoms with Gasteiger partial charge in [-0.3, -0.25) is 9.98 Å². The molecule has 0 radical (unpaired) electrons. The van der Waals surface area contributed by atoms with Crippen LogP contribution in [-0.2, 0) is 0 Å². The van der Waals surface area contributed by atoms with E-state index in [0.29, 0.717) is 5.92 Å². The van der Waals surface area contributed by atoms with Crippen molar-refractivity contribution in [2.75, 3.05) is 32.7 Å². The first-order valence-corrected chi connectivity index (χ1v) is 6.58. The summed E-state index contributed by atoms with van der Waals surface area (Å²) in [7, 11) is 0. The van der Waals surface area contributed by atoms with Gasteiger partial charge in [-0.15, -0.1) is 0 Å². The van der Waals surface area contributed by atoms with Crippen LogP contribution in [0.25, 0.3) is 0 Å². The van der Waals surface area contributed by atoms with Crippen molar-refractivity contribution in [2.45, 2.75) is 32.7 Å². The third kappa shape index (κ3) is 3.20. The number of nitrogens with zero attached hydrogens (tertiary/aromatic N) is 4. The second-order valence-corrected chi connectivity index (χ2v) is 5.85. The Morgan fingerprint density at radius 1 is 1.18 bits per heavy atom. The van der Waals surface area contributed by atoms with Crippen molar-refractivity contribution in [1.82, 2.24) is 9.80 Å². The van der Waals surface area contributed by atoms with Crippen LogP contribution in [0.4, 0.5) is 0 Å². The van der Waals surface area contributed by atoms with E-state index >= 15 is 0 Å². The van der Waals surface area contributed by atoms with E-state index in [1.165, 1.54) is 6.42 Å². The zero-order valence-electron chi connectivity index (χ0n) is 11.3. The van der Waals surface area contributed by atoms with Crippen LogP contribution in [0.15, 0.2) is 9.98 Å². The second-order valence-electron chi connectivity index (χ2n) is 5.85. The summed E-state index contributed by atoms with van der Waals surface area (Å²) < 4.78 is 0. The number of rotatable bonds is 5. The summed E-state index contributed by atoms with van der Waals surface area (Å²) >= 11 is 0. The number of hydrogen-bond acceptors (Lipinski definition) is 4. The van der Waals surface area contributed by atoms with E-state index in [2.05, 4.69) is 40.6 Å². The quantitative estimate of drug-likeness (QED) is 0.724. The Morgan fingerprint density at radius 3 is 2.47 bits per heavy atom. The van der Waals surface area contributed by atoms with Crippen LogP contribution in [0.3, 0.4) is 0 Å². The molecule has 2 rings (SSSR count). The molecule has 0 aromatic carbocycles. The molecule has 0 aromatic rings. The van der Waals surface area contributed by atoms with Crippen molar-refractivity contribution in [3.8, 4) is 0 Å². The lowest BCUT2D eigenvalue weighted by Gasteiger charge is -2.37. The standard InChI is InChI=1S/C13H24N4/c1-12(9-16-6-4-14-10-16)8-13(2,3)17-7-5-15-11-17/h10-12H,4-9H2,1-3H3. The Hall–Kier alpha value is -1.06. The van der Waals surface area contributed by atoms with Gasteiger partial charge in [-0.25, -0.2) is 0 Å². The van der Waals surface area contributed by atoms with Crippen molar-refractivity contribution in [1.29, 1.82) is 0 Å². The fraction of sp³-hybridized carbons (Fsp3) is 0.846. The Labute approximate surface area is 104 Å². The highest BCUT2D eigenvalue weighted by atomic mass is 15.3. The topological polar surface area (TPSA) is 31.2 Å². The molecule has 2 aliphatic rings. The summed E-state index contributed by atoms with van der Waals surface area (Å²) in [6.45, 7) is 12.2. The Balaban J connectivity index is 1.81. The first kappa shape index (κ1) is 12.4. The van der Waals surface area contributed by atoms with Crippen LogP contribution >= 0.6 is 0 Å². The first-order chi connectivity index (χ1) is 8.08. The highest BCUT2D eigenvalue weighted by Gasteiger charge is 2.28. The normalized spacial score (nSPS) is 21.6. The van der Waals surface area contributed by atoms with Crippen LogP contribution in [0, 0.1) is 5.92 Å². The van der Waals surface area contributed by atoms with Gasteiger partial charge in [0.25, 0.3) is 0 Å². The molecule has 0 aliphatic carbocycles. The minimum absolute atomic E-state index is 0.219. The van der Waals surface area contributed by atoms with Crippen LogP contribution in [0.2, 0.25) is 0 Å². The molecule has 0 spiro atoms.